The molecule has 6 heteroatoms. The molecule has 0 bridgehead atoms. The van der Waals surface area contributed by atoms with E-state index in [-0.39, 0.29) is 12.0 Å². The van der Waals surface area contributed by atoms with Gasteiger partial charge in [0.2, 0.25) is 0 Å². The maximum atomic E-state index is 11.9. The minimum absolute atomic E-state index is 0.255. The molecule has 0 saturated carbocycles. The monoisotopic (exact) mass is 301 g/mol. The number of aryl methyl sites for hydroxylation is 1. The molecule has 6 nitrogen and oxygen atoms in total. The predicted octanol–water partition coefficient (Wildman–Crippen LogP) is 1.93. The molecule has 1 unspecified atom stereocenters. The lowest BCUT2D eigenvalue weighted by molar-refractivity contribution is -0.145. The van der Waals surface area contributed by atoms with Gasteiger partial charge < -0.3 is 9.47 Å². The molecule has 0 spiro atoms. The van der Waals surface area contributed by atoms with E-state index in [9.17, 15) is 4.79 Å². The zero-order valence-electron chi connectivity index (χ0n) is 12.8. The number of benzene rings is 1. The van der Waals surface area contributed by atoms with Crippen LogP contribution in [0.2, 0.25) is 0 Å². The lowest BCUT2D eigenvalue weighted by Crippen LogP contribution is -2.27. The molecule has 1 aliphatic heterocycles. The second-order valence-corrected chi connectivity index (χ2v) is 5.31. The molecule has 0 amide bonds. The van der Waals surface area contributed by atoms with Crippen LogP contribution in [0.25, 0.3) is 0 Å². The SMILES string of the molecule is COC(=O)C1CCCc2nc(Cc3ccccc3OC)nn21. The Morgan fingerprint density at radius 2 is 2.18 bits per heavy atom. The lowest BCUT2D eigenvalue weighted by Gasteiger charge is -2.20. The smallest absolute Gasteiger partial charge is 0.330 e. The van der Waals surface area contributed by atoms with Gasteiger partial charge in [-0.25, -0.2) is 14.5 Å². The van der Waals surface area contributed by atoms with Gasteiger partial charge in [0.1, 0.15) is 11.6 Å². The normalized spacial score (nSPS) is 16.9. The fourth-order valence-electron chi connectivity index (χ4n) is 2.85. The highest BCUT2D eigenvalue weighted by atomic mass is 16.5. The van der Waals surface area contributed by atoms with Crippen LogP contribution in [0.5, 0.6) is 5.75 Å². The Hall–Kier alpha value is -2.37. The number of methoxy groups -OCH3 is 2. The summed E-state index contributed by atoms with van der Waals surface area (Å²) in [4.78, 5) is 16.4. The summed E-state index contributed by atoms with van der Waals surface area (Å²) in [5, 5.41) is 4.52. The molecule has 0 N–H and O–H groups in total. The number of rotatable bonds is 4. The van der Waals surface area contributed by atoms with Gasteiger partial charge in [-0.2, -0.15) is 5.10 Å². The Morgan fingerprint density at radius 3 is 2.95 bits per heavy atom. The van der Waals surface area contributed by atoms with Gasteiger partial charge in [-0.1, -0.05) is 18.2 Å². The van der Waals surface area contributed by atoms with E-state index in [1.54, 1.807) is 11.8 Å². The standard InChI is InChI=1S/C16H19N3O3/c1-21-13-8-4-3-6-11(13)10-14-17-15-9-5-7-12(16(20)22-2)19(15)18-14/h3-4,6,8,12H,5,7,9-10H2,1-2H3. The summed E-state index contributed by atoms with van der Waals surface area (Å²) in [7, 11) is 3.06. The van der Waals surface area contributed by atoms with Crippen molar-refractivity contribution in [2.24, 2.45) is 0 Å². The van der Waals surface area contributed by atoms with Crippen molar-refractivity contribution in [2.45, 2.75) is 31.7 Å². The first-order chi connectivity index (χ1) is 10.7. The minimum Gasteiger partial charge on any atom is -0.496 e. The van der Waals surface area contributed by atoms with Crippen LogP contribution in [0.4, 0.5) is 0 Å². The van der Waals surface area contributed by atoms with Crippen LogP contribution in [0.1, 0.15) is 36.1 Å². The Morgan fingerprint density at radius 1 is 1.36 bits per heavy atom. The van der Waals surface area contributed by atoms with E-state index in [4.69, 9.17) is 9.47 Å². The average Bonchev–Trinajstić information content (AvgIpc) is 2.96. The van der Waals surface area contributed by atoms with Crippen molar-refractivity contribution in [3.63, 3.8) is 0 Å². The zero-order chi connectivity index (χ0) is 15.5. The molecule has 1 aromatic heterocycles. The van der Waals surface area contributed by atoms with Crippen molar-refractivity contribution >= 4 is 5.97 Å². The fourth-order valence-corrected chi connectivity index (χ4v) is 2.85. The molecule has 116 valence electrons. The number of nitrogens with zero attached hydrogens (tertiary/aromatic N) is 3. The van der Waals surface area contributed by atoms with Gasteiger partial charge in [0.25, 0.3) is 0 Å². The third-order valence-corrected chi connectivity index (χ3v) is 3.93. The van der Waals surface area contributed by atoms with Crippen molar-refractivity contribution in [3.05, 3.63) is 41.5 Å². The molecule has 1 aliphatic rings. The first-order valence-electron chi connectivity index (χ1n) is 7.37. The van der Waals surface area contributed by atoms with Crippen LogP contribution >= 0.6 is 0 Å². The van der Waals surface area contributed by atoms with Crippen LogP contribution in [0.3, 0.4) is 0 Å². The Labute approximate surface area is 129 Å². The molecule has 0 radical (unpaired) electrons. The zero-order valence-corrected chi connectivity index (χ0v) is 12.8. The molecule has 3 rings (SSSR count). The van der Waals surface area contributed by atoms with Crippen molar-refractivity contribution < 1.29 is 14.3 Å². The topological polar surface area (TPSA) is 66.2 Å². The number of carbonyl (C=O) groups excluding carboxylic acids is 1. The summed E-state index contributed by atoms with van der Waals surface area (Å²) in [5.41, 5.74) is 1.03. The molecule has 0 aliphatic carbocycles. The maximum Gasteiger partial charge on any atom is 0.330 e. The predicted molar refractivity (Wildman–Crippen MR) is 79.8 cm³/mol. The van der Waals surface area contributed by atoms with Crippen LogP contribution in [0.15, 0.2) is 24.3 Å². The molecular formula is C16H19N3O3. The molecule has 2 heterocycles. The number of aromatic nitrogens is 3. The van der Waals surface area contributed by atoms with Gasteiger partial charge in [0.05, 0.1) is 14.2 Å². The number of esters is 1. The number of ether oxygens (including phenoxy) is 2. The number of para-hydroxylation sites is 1. The van der Waals surface area contributed by atoms with Gasteiger partial charge in [-0.05, 0) is 18.9 Å². The molecule has 22 heavy (non-hydrogen) atoms. The van der Waals surface area contributed by atoms with Crippen molar-refractivity contribution in [3.8, 4) is 5.75 Å². The van der Waals surface area contributed by atoms with Gasteiger partial charge in [-0.15, -0.1) is 0 Å². The molecule has 1 atom stereocenters. The molecule has 0 saturated heterocycles. The van der Waals surface area contributed by atoms with E-state index in [0.717, 1.165) is 36.4 Å². The fraction of sp³-hybridized carbons (Fsp3) is 0.438. The number of fused-ring (bicyclic) bond motifs is 1. The highest BCUT2D eigenvalue weighted by Crippen LogP contribution is 2.26. The van der Waals surface area contributed by atoms with Crippen LogP contribution in [0, 0.1) is 0 Å². The molecular weight excluding hydrogens is 282 g/mol. The minimum atomic E-state index is -0.354. The van der Waals surface area contributed by atoms with E-state index in [1.807, 2.05) is 24.3 Å². The number of hydrogen-bond acceptors (Lipinski definition) is 5. The van der Waals surface area contributed by atoms with E-state index < -0.39 is 0 Å². The first kappa shape index (κ1) is 14.6. The van der Waals surface area contributed by atoms with E-state index in [2.05, 4.69) is 10.1 Å². The third-order valence-electron chi connectivity index (χ3n) is 3.93. The van der Waals surface area contributed by atoms with Crippen molar-refractivity contribution in [1.82, 2.24) is 14.8 Å². The summed E-state index contributed by atoms with van der Waals surface area (Å²) in [6.45, 7) is 0. The van der Waals surface area contributed by atoms with Crippen molar-refractivity contribution in [2.75, 3.05) is 14.2 Å². The lowest BCUT2D eigenvalue weighted by atomic mass is 10.1. The Balaban J connectivity index is 1.88. The number of carbonyl (C=O) groups is 1. The van der Waals surface area contributed by atoms with E-state index >= 15 is 0 Å². The summed E-state index contributed by atoms with van der Waals surface area (Å²) >= 11 is 0. The van der Waals surface area contributed by atoms with Crippen molar-refractivity contribution in [1.29, 1.82) is 0 Å². The second-order valence-electron chi connectivity index (χ2n) is 5.31. The van der Waals surface area contributed by atoms with Gasteiger partial charge in [0.15, 0.2) is 11.9 Å². The largest absolute Gasteiger partial charge is 0.496 e. The van der Waals surface area contributed by atoms with Gasteiger partial charge >= 0.3 is 5.97 Å². The van der Waals surface area contributed by atoms with Crippen LogP contribution in [-0.4, -0.2) is 35.0 Å². The summed E-state index contributed by atoms with van der Waals surface area (Å²) in [5.74, 6) is 2.12. The average molecular weight is 301 g/mol. The summed E-state index contributed by atoms with van der Waals surface area (Å²) < 4.78 is 11.9. The highest BCUT2D eigenvalue weighted by molar-refractivity contribution is 5.74. The molecule has 0 fully saturated rings. The third kappa shape index (κ3) is 2.68. The first-order valence-corrected chi connectivity index (χ1v) is 7.37. The second kappa shape index (κ2) is 6.17. The Kier molecular flexibility index (Phi) is 4.09. The van der Waals surface area contributed by atoms with Gasteiger partial charge in [-0.3, -0.25) is 0 Å². The molecule has 2 aromatic rings. The Bertz CT molecular complexity index is 681. The quantitative estimate of drug-likeness (QED) is 0.807. The highest BCUT2D eigenvalue weighted by Gasteiger charge is 2.29. The van der Waals surface area contributed by atoms with Gasteiger partial charge in [0, 0.05) is 18.4 Å². The molecule has 1 aromatic carbocycles. The number of hydrogen-bond donors (Lipinski definition) is 0. The maximum absolute atomic E-state index is 11.9. The van der Waals surface area contributed by atoms with E-state index in [0.29, 0.717) is 12.2 Å². The summed E-state index contributed by atoms with van der Waals surface area (Å²) in [6, 6.07) is 7.46. The van der Waals surface area contributed by atoms with Crippen LogP contribution in [-0.2, 0) is 22.4 Å². The van der Waals surface area contributed by atoms with E-state index in [1.165, 1.54) is 7.11 Å². The summed E-state index contributed by atoms with van der Waals surface area (Å²) in [6.07, 6.45) is 3.09. The van der Waals surface area contributed by atoms with Crippen LogP contribution < -0.4 is 4.74 Å².